The van der Waals surface area contributed by atoms with Crippen LogP contribution in [0.1, 0.15) is 33.5 Å². The van der Waals surface area contributed by atoms with Crippen molar-refractivity contribution in [3.05, 3.63) is 94.8 Å². The number of amides is 2. The van der Waals surface area contributed by atoms with Gasteiger partial charge in [0.05, 0.1) is 24.1 Å². The average molecular weight is 543 g/mol. The Morgan fingerprint density at radius 2 is 1.62 bits per heavy atom. The molecule has 0 unspecified atom stereocenters. The third kappa shape index (κ3) is 5.89. The molecule has 0 atom stereocenters. The van der Waals surface area contributed by atoms with Crippen LogP contribution in [0.4, 0.5) is 15.8 Å². The number of nitrogens with zero attached hydrogens (tertiary/aromatic N) is 2. The Bertz CT molecular complexity index is 1460. The number of hydrogen-bond donors (Lipinski definition) is 2. The summed E-state index contributed by atoms with van der Waals surface area (Å²) in [6.07, 6.45) is 0.792. The maximum absolute atomic E-state index is 13.9. The van der Waals surface area contributed by atoms with Gasteiger partial charge in [0, 0.05) is 49.4 Å². The zero-order valence-electron chi connectivity index (χ0n) is 22.5. The lowest BCUT2D eigenvalue weighted by atomic mass is 9.98. The predicted octanol–water partition coefficient (Wildman–Crippen LogP) is 4.25. The summed E-state index contributed by atoms with van der Waals surface area (Å²) in [4.78, 5) is 41.7. The molecule has 0 spiro atoms. The fraction of sp³-hybridized carbons (Fsp3) is 0.258. The second-order valence-electron chi connectivity index (χ2n) is 9.96. The number of methoxy groups -OCH3 is 1. The van der Waals surface area contributed by atoms with Gasteiger partial charge >= 0.3 is 5.97 Å². The molecular formula is C31H31FN4O4. The summed E-state index contributed by atoms with van der Waals surface area (Å²) < 4.78 is 18.6. The third-order valence-corrected chi connectivity index (χ3v) is 7.26. The standard InChI is InChI=1S/C31H31FN4O4/c1-35-15-17-36(18-16-35)31(39)22-8-11-24(12-9-22)33-29(21-6-3-20(4-7-21)5-14-27(37)40-2)28-25-13-10-23(32)19-26(25)34-30(28)38/h3-4,6-13,19,33H,5,14-18H2,1-2H3,(H,34,38). The first kappa shape index (κ1) is 27.1. The number of aryl methyl sites for hydroxylation is 1. The average Bonchev–Trinajstić information content (AvgIpc) is 3.29. The molecule has 40 heavy (non-hydrogen) atoms. The molecule has 206 valence electrons. The Morgan fingerprint density at radius 1 is 0.950 bits per heavy atom. The number of anilines is 2. The van der Waals surface area contributed by atoms with Gasteiger partial charge in [0.15, 0.2) is 0 Å². The highest BCUT2D eigenvalue weighted by Crippen LogP contribution is 2.38. The Labute approximate surface area is 232 Å². The van der Waals surface area contributed by atoms with Crippen molar-refractivity contribution in [3.63, 3.8) is 0 Å². The second kappa shape index (κ2) is 11.7. The molecule has 0 radical (unpaired) electrons. The normalized spacial score (nSPS) is 16.3. The maximum atomic E-state index is 13.9. The van der Waals surface area contributed by atoms with Crippen LogP contribution in [0.5, 0.6) is 0 Å². The lowest BCUT2D eigenvalue weighted by Gasteiger charge is -2.32. The topological polar surface area (TPSA) is 91.0 Å². The number of esters is 1. The van der Waals surface area contributed by atoms with Crippen LogP contribution < -0.4 is 10.6 Å². The molecule has 0 aromatic heterocycles. The van der Waals surface area contributed by atoms with Crippen molar-refractivity contribution >= 4 is 40.4 Å². The summed E-state index contributed by atoms with van der Waals surface area (Å²) in [5.41, 5.74) is 4.89. The molecular weight excluding hydrogens is 511 g/mol. The van der Waals surface area contributed by atoms with Crippen molar-refractivity contribution in [1.82, 2.24) is 9.80 Å². The molecule has 1 saturated heterocycles. The largest absolute Gasteiger partial charge is 0.469 e. The van der Waals surface area contributed by atoms with Gasteiger partial charge in [-0.2, -0.15) is 0 Å². The zero-order chi connectivity index (χ0) is 28.2. The zero-order valence-corrected chi connectivity index (χ0v) is 22.5. The molecule has 8 nitrogen and oxygen atoms in total. The Balaban J connectivity index is 1.45. The quantitative estimate of drug-likeness (QED) is 0.343. The Hall–Kier alpha value is -4.50. The van der Waals surface area contributed by atoms with E-state index in [2.05, 4.69) is 15.5 Å². The first-order valence-corrected chi connectivity index (χ1v) is 13.2. The van der Waals surface area contributed by atoms with E-state index in [-0.39, 0.29) is 24.2 Å². The van der Waals surface area contributed by atoms with Crippen LogP contribution >= 0.6 is 0 Å². The number of carbonyl (C=O) groups is 3. The summed E-state index contributed by atoms with van der Waals surface area (Å²) in [5, 5.41) is 6.13. The second-order valence-corrected chi connectivity index (χ2v) is 9.96. The van der Waals surface area contributed by atoms with Gasteiger partial charge in [-0.05, 0) is 67.1 Å². The van der Waals surface area contributed by atoms with E-state index in [4.69, 9.17) is 4.74 Å². The van der Waals surface area contributed by atoms with E-state index in [1.807, 2.05) is 48.3 Å². The summed E-state index contributed by atoms with van der Waals surface area (Å²) in [5.74, 6) is -1.08. The van der Waals surface area contributed by atoms with Crippen molar-refractivity contribution in [1.29, 1.82) is 0 Å². The van der Waals surface area contributed by atoms with Gasteiger partial charge in [-0.1, -0.05) is 24.3 Å². The highest BCUT2D eigenvalue weighted by atomic mass is 19.1. The van der Waals surface area contributed by atoms with Gasteiger partial charge < -0.3 is 25.2 Å². The Morgan fingerprint density at radius 3 is 2.30 bits per heavy atom. The fourth-order valence-corrected chi connectivity index (χ4v) is 4.89. The number of ether oxygens (including phenoxy) is 1. The molecule has 0 aliphatic carbocycles. The number of benzene rings is 3. The lowest BCUT2D eigenvalue weighted by molar-refractivity contribution is -0.140. The van der Waals surface area contributed by atoms with E-state index >= 15 is 0 Å². The van der Waals surface area contributed by atoms with Crippen molar-refractivity contribution < 1.29 is 23.5 Å². The monoisotopic (exact) mass is 542 g/mol. The number of piperazine rings is 1. The molecule has 3 aromatic rings. The van der Waals surface area contributed by atoms with E-state index in [0.717, 1.165) is 24.2 Å². The number of rotatable bonds is 7. The molecule has 2 aliphatic rings. The van der Waals surface area contributed by atoms with Crippen LogP contribution in [-0.4, -0.2) is 67.9 Å². The van der Waals surface area contributed by atoms with E-state index in [9.17, 15) is 18.8 Å². The highest BCUT2D eigenvalue weighted by Gasteiger charge is 2.29. The van der Waals surface area contributed by atoms with Crippen LogP contribution in [0, 0.1) is 5.82 Å². The first-order chi connectivity index (χ1) is 19.3. The van der Waals surface area contributed by atoms with Gasteiger partial charge in [0.25, 0.3) is 11.8 Å². The molecule has 2 heterocycles. The minimum Gasteiger partial charge on any atom is -0.469 e. The maximum Gasteiger partial charge on any atom is 0.305 e. The van der Waals surface area contributed by atoms with Gasteiger partial charge in [-0.25, -0.2) is 4.39 Å². The molecule has 0 bridgehead atoms. The Kier molecular flexibility index (Phi) is 7.93. The molecule has 0 saturated carbocycles. The minimum atomic E-state index is -0.439. The minimum absolute atomic E-state index is 0.00750. The smallest absolute Gasteiger partial charge is 0.305 e. The van der Waals surface area contributed by atoms with E-state index < -0.39 is 5.82 Å². The number of halogens is 1. The van der Waals surface area contributed by atoms with Gasteiger partial charge in [0.2, 0.25) is 0 Å². The molecule has 3 aromatic carbocycles. The van der Waals surface area contributed by atoms with Gasteiger partial charge in [0.1, 0.15) is 5.82 Å². The molecule has 9 heteroatoms. The molecule has 2 aliphatic heterocycles. The van der Waals surface area contributed by atoms with Crippen molar-refractivity contribution in [2.24, 2.45) is 0 Å². The predicted molar refractivity (Wildman–Crippen MR) is 152 cm³/mol. The van der Waals surface area contributed by atoms with Gasteiger partial charge in [-0.3, -0.25) is 14.4 Å². The summed E-state index contributed by atoms with van der Waals surface area (Å²) in [6.45, 7) is 3.07. The molecule has 2 amide bonds. The number of hydrogen-bond acceptors (Lipinski definition) is 6. The van der Waals surface area contributed by atoms with E-state index in [1.54, 1.807) is 18.2 Å². The fourth-order valence-electron chi connectivity index (χ4n) is 4.89. The van der Waals surface area contributed by atoms with Gasteiger partial charge in [-0.15, -0.1) is 0 Å². The SMILES string of the molecule is COC(=O)CCc1ccc(C(Nc2ccc(C(=O)N3CCN(C)CC3)cc2)=C2C(=O)Nc3cc(F)ccc32)cc1. The van der Waals surface area contributed by atoms with Crippen LogP contribution in [0.25, 0.3) is 11.3 Å². The van der Waals surface area contributed by atoms with Crippen LogP contribution in [0.3, 0.4) is 0 Å². The first-order valence-electron chi connectivity index (χ1n) is 13.2. The van der Waals surface area contributed by atoms with Crippen molar-refractivity contribution in [2.45, 2.75) is 12.8 Å². The summed E-state index contributed by atoms with van der Waals surface area (Å²) in [6, 6.07) is 18.9. The highest BCUT2D eigenvalue weighted by molar-refractivity contribution is 6.37. The number of fused-ring (bicyclic) bond motifs is 1. The van der Waals surface area contributed by atoms with Crippen LogP contribution in [0.2, 0.25) is 0 Å². The number of carbonyl (C=O) groups excluding carboxylic acids is 3. The van der Waals surface area contributed by atoms with E-state index in [0.29, 0.717) is 53.3 Å². The number of nitrogens with one attached hydrogen (secondary N) is 2. The lowest BCUT2D eigenvalue weighted by Crippen LogP contribution is -2.47. The number of likely N-dealkylation sites (N-methyl/N-ethyl adjacent to an activating group) is 1. The van der Waals surface area contributed by atoms with Crippen LogP contribution in [-0.2, 0) is 20.7 Å². The van der Waals surface area contributed by atoms with E-state index in [1.165, 1.54) is 19.2 Å². The molecule has 5 rings (SSSR count). The summed E-state index contributed by atoms with van der Waals surface area (Å²) in [7, 11) is 3.41. The van der Waals surface area contributed by atoms with Crippen molar-refractivity contribution in [2.75, 3.05) is 51.0 Å². The molecule has 1 fully saturated rings. The van der Waals surface area contributed by atoms with Crippen molar-refractivity contribution in [3.8, 4) is 0 Å². The van der Waals surface area contributed by atoms with Crippen LogP contribution in [0.15, 0.2) is 66.7 Å². The summed E-state index contributed by atoms with van der Waals surface area (Å²) >= 11 is 0. The third-order valence-electron chi connectivity index (χ3n) is 7.26. The molecule has 2 N–H and O–H groups in total.